The smallest absolute Gasteiger partial charge is 0.326 e. The molecule has 3 N–H and O–H groups in total. The number of hydrogen-bond donors (Lipinski definition) is 3. The third kappa shape index (κ3) is 12.4. The number of carbonyl (C=O) groups excluding carboxylic acids is 3. The molecular weight excluding hydrogens is 642 g/mol. The van der Waals surface area contributed by atoms with Gasteiger partial charge in [0.05, 0.1) is 5.92 Å². The number of hydrogen-bond acceptors (Lipinski definition) is 5. The van der Waals surface area contributed by atoms with E-state index in [2.05, 4.69) is 10.6 Å². The van der Waals surface area contributed by atoms with E-state index in [1.807, 2.05) is 129 Å². The fraction of sp³-hybridized carbons (Fsp3) is 0.333. The first-order valence-electron chi connectivity index (χ1n) is 17.5. The molecule has 3 amide bonds. The Kier molecular flexibility index (Phi) is 14.8. The fourth-order valence-corrected chi connectivity index (χ4v) is 6.10. The van der Waals surface area contributed by atoms with E-state index in [9.17, 15) is 24.3 Å². The number of esters is 1. The van der Waals surface area contributed by atoms with Crippen LogP contribution < -0.4 is 10.6 Å². The van der Waals surface area contributed by atoms with Crippen LogP contribution in [0.25, 0.3) is 11.1 Å². The van der Waals surface area contributed by atoms with Gasteiger partial charge >= 0.3 is 18.0 Å². The van der Waals surface area contributed by atoms with Gasteiger partial charge in [0.25, 0.3) is 0 Å². The number of carboxylic acids is 1. The largest absolute Gasteiger partial charge is 0.480 e. The normalized spacial score (nSPS) is 12.7. The average Bonchev–Trinajstić information content (AvgIpc) is 3.13. The SMILES string of the molecule is CC(=O)NCCC(c1ccc(-c2ccccc2)cc1)[C@H](NC(=O)N(CC(C)C)C[C@H](CCc1ccccc1)C(=O)OCc1ccccc1)C(=O)O. The van der Waals surface area contributed by atoms with Crippen molar-refractivity contribution in [3.63, 3.8) is 0 Å². The van der Waals surface area contributed by atoms with Crippen molar-refractivity contribution in [1.29, 1.82) is 0 Å². The van der Waals surface area contributed by atoms with Crippen molar-refractivity contribution in [3.05, 3.63) is 132 Å². The third-order valence-corrected chi connectivity index (χ3v) is 8.72. The van der Waals surface area contributed by atoms with Crippen LogP contribution in [0.1, 0.15) is 56.2 Å². The zero-order valence-electron chi connectivity index (χ0n) is 29.7. The second kappa shape index (κ2) is 19.7. The van der Waals surface area contributed by atoms with Gasteiger partial charge in [-0.25, -0.2) is 9.59 Å². The quantitative estimate of drug-likeness (QED) is 0.0959. The van der Waals surface area contributed by atoms with Crippen molar-refractivity contribution < 1.29 is 29.0 Å². The highest BCUT2D eigenvalue weighted by molar-refractivity contribution is 5.84. The summed E-state index contributed by atoms with van der Waals surface area (Å²) < 4.78 is 5.76. The maximum Gasteiger partial charge on any atom is 0.326 e. The van der Waals surface area contributed by atoms with E-state index in [-0.39, 0.29) is 37.9 Å². The number of aryl methyl sites for hydroxylation is 1. The second-order valence-corrected chi connectivity index (χ2v) is 13.2. The van der Waals surface area contributed by atoms with Crippen molar-refractivity contribution in [2.24, 2.45) is 11.8 Å². The molecule has 0 bridgehead atoms. The Bertz CT molecular complexity index is 1680. The lowest BCUT2D eigenvalue weighted by Crippen LogP contribution is -2.53. The molecule has 0 aliphatic heterocycles. The van der Waals surface area contributed by atoms with Crippen LogP contribution in [0.3, 0.4) is 0 Å². The van der Waals surface area contributed by atoms with Crippen molar-refractivity contribution in [2.45, 2.75) is 58.6 Å². The number of amides is 3. The van der Waals surface area contributed by atoms with Crippen LogP contribution in [0.5, 0.6) is 0 Å². The summed E-state index contributed by atoms with van der Waals surface area (Å²) in [4.78, 5) is 53.8. The van der Waals surface area contributed by atoms with Crippen LogP contribution in [0, 0.1) is 11.8 Å². The summed E-state index contributed by atoms with van der Waals surface area (Å²) in [5.41, 5.74) is 4.63. The molecule has 51 heavy (non-hydrogen) atoms. The molecule has 3 atom stereocenters. The Morgan fingerprint density at radius 1 is 0.725 bits per heavy atom. The lowest BCUT2D eigenvalue weighted by Gasteiger charge is -2.32. The molecule has 0 heterocycles. The minimum atomic E-state index is -1.31. The monoisotopic (exact) mass is 691 g/mol. The Labute approximate surface area is 301 Å². The summed E-state index contributed by atoms with van der Waals surface area (Å²) in [6, 6.07) is 34.8. The van der Waals surface area contributed by atoms with Crippen molar-refractivity contribution >= 4 is 23.9 Å². The zero-order valence-corrected chi connectivity index (χ0v) is 29.7. The van der Waals surface area contributed by atoms with E-state index >= 15 is 0 Å². The Morgan fingerprint density at radius 2 is 1.29 bits per heavy atom. The van der Waals surface area contributed by atoms with Crippen LogP contribution in [0.4, 0.5) is 4.79 Å². The van der Waals surface area contributed by atoms with E-state index in [1.54, 1.807) is 0 Å². The molecule has 0 aromatic heterocycles. The molecule has 9 heteroatoms. The Hall–Kier alpha value is -5.44. The highest BCUT2D eigenvalue weighted by atomic mass is 16.5. The van der Waals surface area contributed by atoms with Gasteiger partial charge in [0.2, 0.25) is 5.91 Å². The van der Waals surface area contributed by atoms with Gasteiger partial charge < -0.3 is 25.4 Å². The lowest BCUT2D eigenvalue weighted by atomic mass is 9.87. The van der Waals surface area contributed by atoms with E-state index in [0.717, 1.165) is 22.3 Å². The number of rotatable bonds is 18. The molecule has 1 unspecified atom stereocenters. The molecule has 0 spiro atoms. The second-order valence-electron chi connectivity index (χ2n) is 13.2. The molecule has 0 fully saturated rings. The number of nitrogens with zero attached hydrogens (tertiary/aromatic N) is 1. The predicted molar refractivity (Wildman–Crippen MR) is 199 cm³/mol. The minimum absolute atomic E-state index is 0.0373. The lowest BCUT2D eigenvalue weighted by molar-refractivity contribution is -0.150. The molecule has 0 radical (unpaired) electrons. The minimum Gasteiger partial charge on any atom is -0.480 e. The summed E-state index contributed by atoms with van der Waals surface area (Å²) >= 11 is 0. The molecule has 4 rings (SSSR count). The van der Waals surface area contributed by atoms with Crippen molar-refractivity contribution in [2.75, 3.05) is 19.6 Å². The molecule has 0 aliphatic rings. The Morgan fingerprint density at radius 3 is 1.86 bits per heavy atom. The zero-order chi connectivity index (χ0) is 36.6. The number of carbonyl (C=O) groups is 4. The predicted octanol–water partition coefficient (Wildman–Crippen LogP) is 7.08. The van der Waals surface area contributed by atoms with Gasteiger partial charge in [-0.2, -0.15) is 0 Å². The average molecular weight is 692 g/mol. The maximum atomic E-state index is 14.1. The number of nitrogens with one attached hydrogen (secondary N) is 2. The van der Waals surface area contributed by atoms with E-state index in [4.69, 9.17) is 4.74 Å². The summed E-state index contributed by atoms with van der Waals surface area (Å²) in [5.74, 6) is -3.12. The van der Waals surface area contributed by atoms with Gasteiger partial charge in [-0.1, -0.05) is 129 Å². The maximum absolute atomic E-state index is 14.1. The van der Waals surface area contributed by atoms with Gasteiger partial charge in [0.1, 0.15) is 12.6 Å². The topological polar surface area (TPSA) is 125 Å². The number of urea groups is 1. The molecule has 0 saturated carbocycles. The van der Waals surface area contributed by atoms with Crippen LogP contribution in [0.15, 0.2) is 115 Å². The van der Waals surface area contributed by atoms with Gasteiger partial charge in [0, 0.05) is 32.5 Å². The van der Waals surface area contributed by atoms with Crippen molar-refractivity contribution in [3.8, 4) is 11.1 Å². The summed E-state index contributed by atoms with van der Waals surface area (Å²) in [6.45, 7) is 6.03. The summed E-state index contributed by atoms with van der Waals surface area (Å²) in [6.07, 6.45) is 1.32. The van der Waals surface area contributed by atoms with Crippen molar-refractivity contribution in [1.82, 2.24) is 15.5 Å². The molecule has 0 aliphatic carbocycles. The number of carboxylic acid groups (broad SMARTS) is 1. The highest BCUT2D eigenvalue weighted by Crippen LogP contribution is 2.28. The van der Waals surface area contributed by atoms with Gasteiger partial charge in [-0.15, -0.1) is 0 Å². The van der Waals surface area contributed by atoms with Crippen LogP contribution >= 0.6 is 0 Å². The molecule has 4 aromatic carbocycles. The summed E-state index contributed by atoms with van der Waals surface area (Å²) in [5, 5.41) is 16.1. The first-order chi connectivity index (χ1) is 24.6. The standard InChI is InChI=1S/C42H49N3O6/c1-30(2)27-45(28-37(20-19-32-13-7-4-8-14-32)41(49)51-29-33-15-9-5-10-16-33)42(50)44-39(40(47)48)38(25-26-43-31(3)46)36-23-21-35(22-24-36)34-17-11-6-12-18-34/h4-18,21-24,30,37-39H,19-20,25-29H2,1-3H3,(H,43,46)(H,44,50)(H,47,48)/t37-,38?,39-/m0/s1. The third-order valence-electron chi connectivity index (χ3n) is 8.72. The Balaban J connectivity index is 1.57. The number of ether oxygens (including phenoxy) is 1. The van der Waals surface area contributed by atoms with E-state index in [0.29, 0.717) is 24.9 Å². The van der Waals surface area contributed by atoms with Crippen LogP contribution in [-0.4, -0.2) is 59.6 Å². The molecule has 9 nitrogen and oxygen atoms in total. The highest BCUT2D eigenvalue weighted by Gasteiger charge is 2.34. The van der Waals surface area contributed by atoms with E-state index in [1.165, 1.54) is 11.8 Å². The molecule has 4 aromatic rings. The van der Waals surface area contributed by atoms with Gasteiger partial charge in [0.15, 0.2) is 0 Å². The molecular formula is C42H49N3O6. The van der Waals surface area contributed by atoms with E-state index < -0.39 is 35.8 Å². The van der Waals surface area contributed by atoms with Crippen LogP contribution in [-0.2, 0) is 32.1 Å². The number of benzene rings is 4. The first kappa shape index (κ1) is 38.4. The van der Waals surface area contributed by atoms with Gasteiger partial charge in [-0.05, 0) is 53.0 Å². The molecule has 0 saturated heterocycles. The number of aliphatic carboxylic acids is 1. The van der Waals surface area contributed by atoms with Crippen LogP contribution in [0.2, 0.25) is 0 Å². The first-order valence-corrected chi connectivity index (χ1v) is 17.5. The van der Waals surface area contributed by atoms with Gasteiger partial charge in [-0.3, -0.25) is 9.59 Å². The summed E-state index contributed by atoms with van der Waals surface area (Å²) in [7, 11) is 0. The molecule has 268 valence electrons. The fourth-order valence-electron chi connectivity index (χ4n) is 6.10.